The summed E-state index contributed by atoms with van der Waals surface area (Å²) in [4.78, 5) is 15.9. The van der Waals surface area contributed by atoms with Gasteiger partial charge in [-0.25, -0.2) is 0 Å². The third-order valence-corrected chi connectivity index (χ3v) is 5.75. The standard InChI is InChI=1S/C20H18N2OS.H2/c1-3-20(9-14(20)10-21)18-15-8-12(2)4-5-16(15)22-19(23)17(18)13-6-7-24-11-13;/h3-8,10-11,14,21H,1,9H2,2H3,(H,22,23);1H. The number of pyridine rings is 1. The fourth-order valence-corrected chi connectivity index (χ4v) is 4.36. The lowest BCUT2D eigenvalue weighted by Gasteiger charge is -2.19. The van der Waals surface area contributed by atoms with Crippen molar-refractivity contribution in [3.63, 3.8) is 0 Å². The number of rotatable bonds is 4. The fraction of sp³-hybridized carbons (Fsp3) is 0.200. The van der Waals surface area contributed by atoms with Crippen LogP contribution in [0.2, 0.25) is 0 Å². The van der Waals surface area contributed by atoms with E-state index < -0.39 is 0 Å². The second-order valence-corrected chi connectivity index (χ2v) is 7.27. The molecule has 1 saturated carbocycles. The number of aromatic amines is 1. The minimum Gasteiger partial charge on any atom is -0.321 e. The van der Waals surface area contributed by atoms with E-state index in [0.29, 0.717) is 0 Å². The number of benzene rings is 1. The topological polar surface area (TPSA) is 56.7 Å². The van der Waals surface area contributed by atoms with Crippen LogP contribution in [0.25, 0.3) is 22.0 Å². The molecular weight excluding hydrogens is 316 g/mol. The van der Waals surface area contributed by atoms with Crippen LogP contribution < -0.4 is 5.56 Å². The molecule has 122 valence electrons. The first-order valence-electron chi connectivity index (χ1n) is 7.94. The van der Waals surface area contributed by atoms with E-state index in [1.807, 2.05) is 35.0 Å². The van der Waals surface area contributed by atoms with Crippen molar-refractivity contribution in [3.8, 4) is 11.1 Å². The highest BCUT2D eigenvalue weighted by molar-refractivity contribution is 7.08. The van der Waals surface area contributed by atoms with E-state index >= 15 is 0 Å². The molecule has 2 unspecified atom stereocenters. The Morgan fingerprint density at radius 1 is 1.46 bits per heavy atom. The monoisotopic (exact) mass is 336 g/mol. The molecule has 0 spiro atoms. The van der Waals surface area contributed by atoms with E-state index in [-0.39, 0.29) is 18.3 Å². The Morgan fingerprint density at radius 2 is 2.29 bits per heavy atom. The van der Waals surface area contributed by atoms with Crippen LogP contribution >= 0.6 is 11.3 Å². The number of aryl methyl sites for hydroxylation is 1. The van der Waals surface area contributed by atoms with Crippen LogP contribution in [0.4, 0.5) is 0 Å². The first-order valence-corrected chi connectivity index (χ1v) is 8.89. The molecule has 2 heterocycles. The van der Waals surface area contributed by atoms with Gasteiger partial charge in [0.15, 0.2) is 0 Å². The Kier molecular flexibility index (Phi) is 3.32. The van der Waals surface area contributed by atoms with Gasteiger partial charge >= 0.3 is 0 Å². The summed E-state index contributed by atoms with van der Waals surface area (Å²) in [6.07, 6.45) is 4.25. The van der Waals surface area contributed by atoms with E-state index in [2.05, 4.69) is 24.6 Å². The van der Waals surface area contributed by atoms with Crippen LogP contribution in [-0.4, -0.2) is 11.2 Å². The number of nitrogens with one attached hydrogen (secondary N) is 2. The van der Waals surface area contributed by atoms with Crippen molar-refractivity contribution in [2.45, 2.75) is 18.8 Å². The molecule has 4 rings (SSSR count). The molecular formula is C20H20N2OS. The molecule has 2 atom stereocenters. The van der Waals surface area contributed by atoms with E-state index in [1.54, 1.807) is 11.3 Å². The molecule has 1 aromatic carbocycles. The van der Waals surface area contributed by atoms with Crippen molar-refractivity contribution >= 4 is 28.5 Å². The van der Waals surface area contributed by atoms with Crippen molar-refractivity contribution in [1.82, 2.24) is 4.98 Å². The second-order valence-electron chi connectivity index (χ2n) is 6.49. The summed E-state index contributed by atoms with van der Waals surface area (Å²) >= 11 is 1.58. The lowest BCUT2D eigenvalue weighted by atomic mass is 9.84. The van der Waals surface area contributed by atoms with E-state index in [1.165, 1.54) is 6.21 Å². The zero-order valence-corrected chi connectivity index (χ0v) is 14.2. The van der Waals surface area contributed by atoms with Gasteiger partial charge in [-0.2, -0.15) is 11.3 Å². The van der Waals surface area contributed by atoms with Gasteiger partial charge < -0.3 is 10.4 Å². The molecule has 2 aromatic heterocycles. The zero-order chi connectivity index (χ0) is 16.9. The lowest BCUT2D eigenvalue weighted by molar-refractivity contribution is 0.862. The average Bonchev–Trinajstić information content (AvgIpc) is 3.05. The fourth-order valence-electron chi connectivity index (χ4n) is 3.71. The Bertz CT molecular complexity index is 1020. The maximum atomic E-state index is 12.9. The van der Waals surface area contributed by atoms with Gasteiger partial charge in [0.1, 0.15) is 0 Å². The van der Waals surface area contributed by atoms with Crippen LogP contribution in [0.15, 0.2) is 52.5 Å². The number of H-pyrrole nitrogens is 1. The predicted octanol–water partition coefficient (Wildman–Crippen LogP) is 4.90. The smallest absolute Gasteiger partial charge is 0.256 e. The Balaban J connectivity index is 0.00000182. The lowest BCUT2D eigenvalue weighted by Crippen LogP contribution is -2.19. The van der Waals surface area contributed by atoms with E-state index in [4.69, 9.17) is 5.41 Å². The largest absolute Gasteiger partial charge is 0.321 e. The summed E-state index contributed by atoms with van der Waals surface area (Å²) in [5.74, 6) is 0.109. The van der Waals surface area contributed by atoms with Crippen molar-refractivity contribution in [2.75, 3.05) is 0 Å². The average molecular weight is 336 g/mol. The number of hydrogen-bond acceptors (Lipinski definition) is 3. The van der Waals surface area contributed by atoms with E-state index in [0.717, 1.165) is 39.6 Å². The van der Waals surface area contributed by atoms with Crippen molar-refractivity contribution in [2.24, 2.45) is 5.92 Å². The summed E-state index contributed by atoms with van der Waals surface area (Å²) in [5.41, 5.74) is 4.28. The summed E-state index contributed by atoms with van der Waals surface area (Å²) in [6, 6.07) is 8.08. The van der Waals surface area contributed by atoms with Crippen molar-refractivity contribution in [3.05, 3.63) is 69.2 Å². The molecule has 0 bridgehead atoms. The van der Waals surface area contributed by atoms with Gasteiger partial charge in [-0.05, 0) is 59.6 Å². The molecule has 24 heavy (non-hydrogen) atoms. The summed E-state index contributed by atoms with van der Waals surface area (Å²) in [6.45, 7) is 6.09. The molecule has 1 aliphatic rings. The van der Waals surface area contributed by atoms with Gasteiger partial charge in [-0.3, -0.25) is 4.79 Å². The molecule has 0 saturated heterocycles. The SMILES string of the molecule is C=CC1(c2c(-c3ccsc3)c(=O)[nH]c3ccc(C)cc23)CC1C=N.[HH]. The van der Waals surface area contributed by atoms with E-state index in [9.17, 15) is 4.79 Å². The van der Waals surface area contributed by atoms with Gasteiger partial charge in [0.2, 0.25) is 0 Å². The maximum absolute atomic E-state index is 12.9. The van der Waals surface area contributed by atoms with Crippen LogP contribution in [0.1, 0.15) is 19.0 Å². The molecule has 4 heteroatoms. The minimum absolute atomic E-state index is 0. The zero-order valence-electron chi connectivity index (χ0n) is 13.4. The van der Waals surface area contributed by atoms with Crippen molar-refractivity contribution in [1.29, 1.82) is 5.41 Å². The highest BCUT2D eigenvalue weighted by Crippen LogP contribution is 2.57. The predicted molar refractivity (Wildman–Crippen MR) is 103 cm³/mol. The highest BCUT2D eigenvalue weighted by atomic mass is 32.1. The molecule has 3 aromatic rings. The van der Waals surface area contributed by atoms with Gasteiger partial charge in [-0.15, -0.1) is 6.58 Å². The van der Waals surface area contributed by atoms with Gasteiger partial charge in [0, 0.05) is 23.7 Å². The first-order chi connectivity index (χ1) is 11.6. The third-order valence-electron chi connectivity index (χ3n) is 5.07. The number of fused-ring (bicyclic) bond motifs is 1. The van der Waals surface area contributed by atoms with Gasteiger partial charge in [0.05, 0.1) is 5.56 Å². The van der Waals surface area contributed by atoms with Gasteiger partial charge in [0.25, 0.3) is 5.56 Å². The summed E-state index contributed by atoms with van der Waals surface area (Å²) < 4.78 is 0. The Morgan fingerprint density at radius 3 is 2.92 bits per heavy atom. The summed E-state index contributed by atoms with van der Waals surface area (Å²) in [7, 11) is 0. The highest BCUT2D eigenvalue weighted by Gasteiger charge is 2.54. The number of aromatic nitrogens is 1. The Labute approximate surface area is 145 Å². The van der Waals surface area contributed by atoms with Crippen LogP contribution in [0.5, 0.6) is 0 Å². The molecule has 2 N–H and O–H groups in total. The minimum atomic E-state index is -0.320. The molecule has 1 fully saturated rings. The molecule has 0 aliphatic heterocycles. The second kappa shape index (κ2) is 5.28. The molecule has 0 amide bonds. The van der Waals surface area contributed by atoms with Crippen molar-refractivity contribution < 1.29 is 1.43 Å². The third kappa shape index (κ3) is 2.03. The van der Waals surface area contributed by atoms with Crippen LogP contribution in [0, 0.1) is 18.3 Å². The maximum Gasteiger partial charge on any atom is 0.256 e. The molecule has 1 aliphatic carbocycles. The van der Waals surface area contributed by atoms with Crippen LogP contribution in [0.3, 0.4) is 0 Å². The normalized spacial score (nSPS) is 22.5. The first kappa shape index (κ1) is 15.1. The molecule has 3 nitrogen and oxygen atoms in total. The number of hydrogen-bond donors (Lipinski definition) is 2. The molecule has 0 radical (unpaired) electrons. The Hall–Kier alpha value is -2.46. The summed E-state index contributed by atoms with van der Waals surface area (Å²) in [5, 5.41) is 12.8. The van der Waals surface area contributed by atoms with Crippen LogP contribution in [-0.2, 0) is 5.41 Å². The number of allylic oxidation sites excluding steroid dienone is 1. The quantitative estimate of drug-likeness (QED) is 0.516. The number of thiophene rings is 1. The van der Waals surface area contributed by atoms with Gasteiger partial charge in [-0.1, -0.05) is 17.7 Å².